The van der Waals surface area contributed by atoms with E-state index in [1.165, 1.54) is 0 Å². The summed E-state index contributed by atoms with van der Waals surface area (Å²) in [6.07, 6.45) is 4.81. The van der Waals surface area contributed by atoms with Crippen LogP contribution >= 0.6 is 0 Å². The lowest BCUT2D eigenvalue weighted by molar-refractivity contribution is 0.101. The number of Topliss-reactive ketones (excluding diaryl/α,β-unsaturated/α-hetero) is 1. The Morgan fingerprint density at radius 1 is 0.950 bits per heavy atom. The molecule has 206 valence electrons. The molecule has 9 nitrogen and oxygen atoms in total. The molecular formula is C31H32N4O5. The van der Waals surface area contributed by atoms with E-state index in [1.807, 2.05) is 24.4 Å². The average Bonchev–Trinajstić information content (AvgIpc) is 3.45. The van der Waals surface area contributed by atoms with E-state index in [2.05, 4.69) is 34.2 Å². The van der Waals surface area contributed by atoms with Gasteiger partial charge >= 0.3 is 6.03 Å². The van der Waals surface area contributed by atoms with Gasteiger partial charge in [0.1, 0.15) is 17.2 Å². The van der Waals surface area contributed by atoms with Gasteiger partial charge < -0.3 is 34.3 Å². The Bertz CT molecular complexity index is 1590. The number of nitrogens with zero attached hydrogens (tertiary/aromatic N) is 2. The molecule has 0 saturated carbocycles. The first-order chi connectivity index (χ1) is 19.3. The van der Waals surface area contributed by atoms with Crippen LogP contribution in [0.3, 0.4) is 0 Å². The van der Waals surface area contributed by atoms with Crippen LogP contribution in [0.1, 0.15) is 22.3 Å². The number of hydrogen-bond donors (Lipinski definition) is 2. The molecule has 40 heavy (non-hydrogen) atoms. The van der Waals surface area contributed by atoms with Gasteiger partial charge in [0.15, 0.2) is 5.76 Å². The Morgan fingerprint density at radius 2 is 1.65 bits per heavy atom. The van der Waals surface area contributed by atoms with Crippen LogP contribution in [0.5, 0.6) is 17.2 Å². The minimum Gasteiger partial charge on any atom is -0.497 e. The summed E-state index contributed by atoms with van der Waals surface area (Å²) in [6.45, 7) is 1.81. The molecule has 0 saturated heterocycles. The highest BCUT2D eigenvalue weighted by Gasteiger charge is 2.28. The van der Waals surface area contributed by atoms with Gasteiger partial charge in [-0.25, -0.2) is 4.79 Å². The van der Waals surface area contributed by atoms with Crippen molar-refractivity contribution in [1.82, 2.24) is 9.47 Å². The second kappa shape index (κ2) is 11.5. The molecule has 0 radical (unpaired) electrons. The first kappa shape index (κ1) is 26.8. The van der Waals surface area contributed by atoms with Crippen LogP contribution < -0.4 is 24.8 Å². The largest absolute Gasteiger partial charge is 0.497 e. The number of methoxy groups -OCH3 is 2. The van der Waals surface area contributed by atoms with Crippen LogP contribution in [-0.4, -0.2) is 56.1 Å². The summed E-state index contributed by atoms with van der Waals surface area (Å²) in [6, 6.07) is 17.5. The molecular weight excluding hydrogens is 508 g/mol. The van der Waals surface area contributed by atoms with Crippen molar-refractivity contribution in [2.75, 3.05) is 45.5 Å². The zero-order valence-corrected chi connectivity index (χ0v) is 23.0. The number of hydrogen-bond acceptors (Lipinski definition) is 6. The second-order valence-corrected chi connectivity index (χ2v) is 9.78. The van der Waals surface area contributed by atoms with Crippen LogP contribution in [0, 0.1) is 0 Å². The topological polar surface area (TPSA) is 94.1 Å². The van der Waals surface area contributed by atoms with Gasteiger partial charge in [0, 0.05) is 40.6 Å². The van der Waals surface area contributed by atoms with Crippen LogP contribution in [0.4, 0.5) is 16.2 Å². The van der Waals surface area contributed by atoms with Crippen molar-refractivity contribution in [2.45, 2.75) is 13.0 Å². The van der Waals surface area contributed by atoms with Crippen molar-refractivity contribution in [3.63, 3.8) is 0 Å². The van der Waals surface area contributed by atoms with Crippen molar-refractivity contribution >= 4 is 40.2 Å². The number of carbonyl (C=O) groups excluding carboxylic acids is 2. The molecule has 0 unspecified atom stereocenters. The van der Waals surface area contributed by atoms with E-state index in [-0.39, 0.29) is 11.5 Å². The Morgan fingerprint density at radius 3 is 2.38 bits per heavy atom. The van der Waals surface area contributed by atoms with Crippen LogP contribution in [-0.2, 0) is 6.54 Å². The van der Waals surface area contributed by atoms with Gasteiger partial charge in [-0.05, 0) is 93.8 Å². The summed E-state index contributed by atoms with van der Waals surface area (Å²) in [5.41, 5.74) is 3.41. The highest BCUT2D eigenvalue weighted by molar-refractivity contribution is 6.16. The zero-order valence-electron chi connectivity index (χ0n) is 23.0. The number of ether oxygens (including phenoxy) is 3. The number of carbonyl (C=O) groups is 2. The molecule has 0 fully saturated rings. The number of rotatable bonds is 9. The van der Waals surface area contributed by atoms with Crippen molar-refractivity contribution in [2.24, 2.45) is 0 Å². The number of ketones is 1. The molecule has 1 aliphatic heterocycles. The molecule has 0 aliphatic carbocycles. The van der Waals surface area contributed by atoms with Crippen LogP contribution in [0.25, 0.3) is 17.0 Å². The first-order valence-corrected chi connectivity index (χ1v) is 13.0. The fraction of sp³-hybridized carbons (Fsp3) is 0.226. The Labute approximate surface area is 232 Å². The highest BCUT2D eigenvalue weighted by atomic mass is 16.5. The van der Waals surface area contributed by atoms with Gasteiger partial charge in [-0.2, -0.15) is 0 Å². The lowest BCUT2D eigenvalue weighted by atomic mass is 10.1. The number of benzene rings is 3. The number of fused-ring (bicyclic) bond motifs is 2. The monoisotopic (exact) mass is 540 g/mol. The Hall–Kier alpha value is -4.76. The van der Waals surface area contributed by atoms with Crippen molar-refractivity contribution < 1.29 is 23.8 Å². The van der Waals surface area contributed by atoms with E-state index in [9.17, 15) is 9.59 Å². The summed E-state index contributed by atoms with van der Waals surface area (Å²) in [5.74, 6) is 1.86. The third-order valence-electron chi connectivity index (χ3n) is 6.68. The van der Waals surface area contributed by atoms with Gasteiger partial charge in [-0.15, -0.1) is 0 Å². The summed E-state index contributed by atoms with van der Waals surface area (Å²) in [5, 5.41) is 6.51. The van der Waals surface area contributed by atoms with Gasteiger partial charge in [-0.3, -0.25) is 4.79 Å². The number of allylic oxidation sites excluding steroid dienone is 1. The molecule has 0 spiro atoms. The zero-order chi connectivity index (χ0) is 28.2. The molecule has 1 aliphatic rings. The summed E-state index contributed by atoms with van der Waals surface area (Å²) in [4.78, 5) is 28.0. The summed E-state index contributed by atoms with van der Waals surface area (Å²) < 4.78 is 18.7. The maximum atomic E-state index is 13.3. The molecule has 0 bridgehead atoms. The van der Waals surface area contributed by atoms with Crippen LogP contribution in [0.15, 0.2) is 72.6 Å². The SMILES string of the molecule is COc1ccc(NC(=O)Nc2ccc3c(c2)C(=O)C(=Cc2cn(CCCN(C)C)c4ccc(OC)cc24)O3)cc1. The molecule has 2 N–H and O–H groups in total. The fourth-order valence-electron chi connectivity index (χ4n) is 4.66. The standard InChI is InChI=1S/C31H32N4O5/c1-34(2)14-5-15-35-19-20(25-18-24(39-4)11-12-27(25)35)16-29-30(36)26-17-22(8-13-28(26)40-29)33-31(37)32-21-6-9-23(38-3)10-7-21/h6-13,16-19H,5,14-15H2,1-4H3,(H2,32,33,37). The number of aryl methyl sites for hydroxylation is 1. The lowest BCUT2D eigenvalue weighted by Gasteiger charge is -2.10. The molecule has 2 heterocycles. The van der Waals surface area contributed by atoms with Crippen molar-refractivity contribution in [3.05, 3.63) is 83.7 Å². The lowest BCUT2D eigenvalue weighted by Crippen LogP contribution is -2.19. The van der Waals surface area contributed by atoms with E-state index in [4.69, 9.17) is 14.2 Å². The van der Waals surface area contributed by atoms with E-state index in [0.29, 0.717) is 28.4 Å². The quantitative estimate of drug-likeness (QED) is 0.258. The minimum atomic E-state index is -0.428. The second-order valence-electron chi connectivity index (χ2n) is 9.78. The van der Waals surface area contributed by atoms with E-state index >= 15 is 0 Å². The van der Waals surface area contributed by atoms with Crippen molar-refractivity contribution in [3.8, 4) is 17.2 Å². The molecule has 9 heteroatoms. The normalized spacial score (nSPS) is 13.4. The van der Waals surface area contributed by atoms with Crippen molar-refractivity contribution in [1.29, 1.82) is 0 Å². The maximum absolute atomic E-state index is 13.3. The minimum absolute atomic E-state index is 0.227. The van der Waals surface area contributed by atoms with Crippen LogP contribution in [0.2, 0.25) is 0 Å². The summed E-state index contributed by atoms with van der Waals surface area (Å²) >= 11 is 0. The molecule has 3 aromatic carbocycles. The Balaban J connectivity index is 1.35. The third kappa shape index (κ3) is 5.79. The first-order valence-electron chi connectivity index (χ1n) is 13.0. The molecule has 0 atom stereocenters. The van der Waals surface area contributed by atoms with E-state index in [1.54, 1.807) is 62.8 Å². The van der Waals surface area contributed by atoms with Gasteiger partial charge in [0.05, 0.1) is 19.8 Å². The fourth-order valence-corrected chi connectivity index (χ4v) is 4.66. The third-order valence-corrected chi connectivity index (χ3v) is 6.68. The summed E-state index contributed by atoms with van der Waals surface area (Å²) in [7, 11) is 7.33. The number of nitrogens with one attached hydrogen (secondary N) is 2. The number of anilines is 2. The van der Waals surface area contributed by atoms with Gasteiger partial charge in [0.25, 0.3) is 0 Å². The van der Waals surface area contributed by atoms with Gasteiger partial charge in [-0.1, -0.05) is 0 Å². The molecule has 2 amide bonds. The average molecular weight is 541 g/mol. The smallest absolute Gasteiger partial charge is 0.323 e. The van der Waals surface area contributed by atoms with Gasteiger partial charge in [0.2, 0.25) is 5.78 Å². The Kier molecular flexibility index (Phi) is 7.75. The predicted octanol–water partition coefficient (Wildman–Crippen LogP) is 5.87. The maximum Gasteiger partial charge on any atom is 0.323 e. The molecule has 1 aromatic heterocycles. The number of amides is 2. The molecule has 4 aromatic rings. The van der Waals surface area contributed by atoms with E-state index in [0.717, 1.165) is 41.7 Å². The molecule has 5 rings (SSSR count). The number of aromatic nitrogens is 1. The highest BCUT2D eigenvalue weighted by Crippen LogP contribution is 2.35. The number of urea groups is 1. The predicted molar refractivity (Wildman–Crippen MR) is 157 cm³/mol. The van der Waals surface area contributed by atoms with E-state index < -0.39 is 6.03 Å².